The van der Waals surface area contributed by atoms with E-state index in [1.807, 2.05) is 31.2 Å². The van der Waals surface area contributed by atoms with Gasteiger partial charge < -0.3 is 15.0 Å². The summed E-state index contributed by atoms with van der Waals surface area (Å²) in [6, 6.07) is 7.96. The summed E-state index contributed by atoms with van der Waals surface area (Å²) in [4.78, 5) is 0. The molecule has 0 aliphatic rings. The molecule has 0 aliphatic carbocycles. The van der Waals surface area contributed by atoms with Gasteiger partial charge in [0.05, 0.1) is 6.61 Å². The molecule has 4 heteroatoms. The number of hydrogen-bond donors (Lipinski definition) is 1. The summed E-state index contributed by atoms with van der Waals surface area (Å²) in [6.07, 6.45) is 6.24. The molecule has 0 radical (unpaired) electrons. The van der Waals surface area contributed by atoms with Gasteiger partial charge in [-0.1, -0.05) is 37.8 Å². The molecule has 0 spiro atoms. The Morgan fingerprint density at radius 3 is 2.45 bits per heavy atom. The highest BCUT2D eigenvalue weighted by Gasteiger charge is 2.12. The summed E-state index contributed by atoms with van der Waals surface area (Å²) in [5, 5.41) is 3.99. The predicted octanol–water partition coefficient (Wildman–Crippen LogP) is 4.46. The normalized spacial score (nSPS) is 10.9. The second kappa shape index (κ2) is 8.59. The minimum absolute atomic E-state index is 0.397. The van der Waals surface area contributed by atoms with Gasteiger partial charge in [0.2, 0.25) is 0 Å². The van der Waals surface area contributed by atoms with Gasteiger partial charge >= 0.3 is 0 Å². The van der Waals surface area contributed by atoms with Gasteiger partial charge in [-0.05, 0) is 37.6 Å². The molecule has 120 valence electrons. The van der Waals surface area contributed by atoms with Crippen LogP contribution in [-0.4, -0.2) is 11.8 Å². The number of hydrogen-bond acceptors (Lipinski definition) is 4. The smallest absolute Gasteiger partial charge is 0.170 e. The molecule has 1 aromatic carbocycles. The highest BCUT2D eigenvalue weighted by atomic mass is 16.5. The molecule has 1 aromatic heterocycles. The van der Waals surface area contributed by atoms with Crippen LogP contribution in [0.1, 0.15) is 50.3 Å². The van der Waals surface area contributed by atoms with E-state index in [2.05, 4.69) is 12.1 Å². The Morgan fingerprint density at radius 1 is 1.09 bits per heavy atom. The van der Waals surface area contributed by atoms with Gasteiger partial charge in [-0.25, -0.2) is 0 Å². The van der Waals surface area contributed by atoms with Crippen LogP contribution in [0.5, 0.6) is 5.75 Å². The van der Waals surface area contributed by atoms with E-state index in [0.717, 1.165) is 41.4 Å². The maximum atomic E-state index is 5.77. The first-order valence-corrected chi connectivity index (χ1v) is 8.14. The Kier molecular flexibility index (Phi) is 6.46. The molecular formula is C18H26N2O2. The van der Waals surface area contributed by atoms with Gasteiger partial charge in [-0.2, -0.15) is 0 Å². The van der Waals surface area contributed by atoms with Crippen molar-refractivity contribution < 1.29 is 9.26 Å². The van der Waals surface area contributed by atoms with E-state index in [-0.39, 0.29) is 0 Å². The van der Waals surface area contributed by atoms with Crippen LogP contribution in [0.15, 0.2) is 28.8 Å². The van der Waals surface area contributed by atoms with Gasteiger partial charge in [-0.15, -0.1) is 0 Å². The summed E-state index contributed by atoms with van der Waals surface area (Å²) in [5.41, 5.74) is 8.44. The standard InChI is InChI=1S/C18H26N2O2/c1-3-4-5-6-7-12-21-16-10-8-15(9-11-16)18-14(2)17(13-19)20-22-18/h8-11H,3-7,12-13,19H2,1-2H3. The largest absolute Gasteiger partial charge is 0.494 e. The zero-order valence-corrected chi connectivity index (χ0v) is 13.6. The second-order valence-corrected chi connectivity index (χ2v) is 5.57. The molecule has 4 nitrogen and oxygen atoms in total. The monoisotopic (exact) mass is 302 g/mol. The molecule has 0 amide bonds. The number of nitrogens with zero attached hydrogens (tertiary/aromatic N) is 1. The van der Waals surface area contributed by atoms with Gasteiger partial charge in [-0.3, -0.25) is 0 Å². The van der Waals surface area contributed by atoms with E-state index >= 15 is 0 Å². The van der Waals surface area contributed by atoms with Crippen molar-refractivity contribution >= 4 is 0 Å². The Morgan fingerprint density at radius 2 is 1.82 bits per heavy atom. The summed E-state index contributed by atoms with van der Waals surface area (Å²) >= 11 is 0. The van der Waals surface area contributed by atoms with E-state index in [4.69, 9.17) is 15.0 Å². The van der Waals surface area contributed by atoms with Crippen LogP contribution in [0, 0.1) is 6.92 Å². The molecule has 2 aromatic rings. The maximum absolute atomic E-state index is 5.77. The van der Waals surface area contributed by atoms with Gasteiger partial charge in [0.15, 0.2) is 5.76 Å². The zero-order valence-electron chi connectivity index (χ0n) is 13.6. The van der Waals surface area contributed by atoms with Gasteiger partial charge in [0.1, 0.15) is 11.4 Å². The average Bonchev–Trinajstić information content (AvgIpc) is 2.92. The molecule has 0 unspecified atom stereocenters. The summed E-state index contributed by atoms with van der Waals surface area (Å²) in [6.45, 7) is 5.38. The van der Waals surface area contributed by atoms with Crippen molar-refractivity contribution in [1.82, 2.24) is 5.16 Å². The van der Waals surface area contributed by atoms with E-state index in [0.29, 0.717) is 6.54 Å². The third kappa shape index (κ3) is 4.34. The first kappa shape index (κ1) is 16.6. The Balaban J connectivity index is 1.86. The number of ether oxygens (including phenoxy) is 1. The third-order valence-electron chi connectivity index (χ3n) is 3.85. The number of benzene rings is 1. The fraction of sp³-hybridized carbons (Fsp3) is 0.500. The van der Waals surface area contributed by atoms with E-state index in [1.165, 1.54) is 25.7 Å². The number of unbranched alkanes of at least 4 members (excludes halogenated alkanes) is 4. The number of nitrogens with two attached hydrogens (primary N) is 1. The third-order valence-corrected chi connectivity index (χ3v) is 3.85. The first-order chi connectivity index (χ1) is 10.8. The fourth-order valence-corrected chi connectivity index (χ4v) is 2.43. The minimum atomic E-state index is 0.397. The Bertz CT molecular complexity index is 561. The Hall–Kier alpha value is -1.81. The number of rotatable bonds is 9. The molecule has 1 heterocycles. The van der Waals surface area contributed by atoms with Crippen LogP contribution in [-0.2, 0) is 6.54 Å². The van der Waals surface area contributed by atoms with Gasteiger partial charge in [0.25, 0.3) is 0 Å². The maximum Gasteiger partial charge on any atom is 0.170 e. The van der Waals surface area contributed by atoms with Crippen LogP contribution < -0.4 is 10.5 Å². The highest BCUT2D eigenvalue weighted by molar-refractivity contribution is 5.62. The van der Waals surface area contributed by atoms with Crippen LogP contribution in [0.4, 0.5) is 0 Å². The quantitative estimate of drug-likeness (QED) is 0.695. The molecule has 0 fully saturated rings. The van der Waals surface area contributed by atoms with Crippen LogP contribution >= 0.6 is 0 Å². The van der Waals surface area contributed by atoms with E-state index in [1.54, 1.807) is 0 Å². The van der Waals surface area contributed by atoms with Crippen molar-refractivity contribution in [2.75, 3.05) is 6.61 Å². The minimum Gasteiger partial charge on any atom is -0.494 e. The predicted molar refractivity (Wildman–Crippen MR) is 88.8 cm³/mol. The number of aromatic nitrogens is 1. The summed E-state index contributed by atoms with van der Waals surface area (Å²) < 4.78 is 11.1. The lowest BCUT2D eigenvalue weighted by atomic mass is 10.1. The highest BCUT2D eigenvalue weighted by Crippen LogP contribution is 2.27. The summed E-state index contributed by atoms with van der Waals surface area (Å²) in [5.74, 6) is 1.68. The lowest BCUT2D eigenvalue weighted by molar-refractivity contribution is 0.304. The SMILES string of the molecule is CCCCCCCOc1ccc(-c2onc(CN)c2C)cc1. The molecule has 22 heavy (non-hydrogen) atoms. The molecular weight excluding hydrogens is 276 g/mol. The molecule has 0 aliphatic heterocycles. The lowest BCUT2D eigenvalue weighted by Gasteiger charge is -2.06. The van der Waals surface area contributed by atoms with Crippen molar-refractivity contribution in [2.45, 2.75) is 52.5 Å². The molecule has 0 saturated carbocycles. The topological polar surface area (TPSA) is 61.3 Å². The molecule has 2 N–H and O–H groups in total. The molecule has 0 atom stereocenters. The average molecular weight is 302 g/mol. The van der Waals surface area contributed by atoms with Crippen molar-refractivity contribution in [3.8, 4) is 17.1 Å². The second-order valence-electron chi connectivity index (χ2n) is 5.57. The van der Waals surface area contributed by atoms with Crippen molar-refractivity contribution in [2.24, 2.45) is 5.73 Å². The van der Waals surface area contributed by atoms with Crippen LogP contribution in [0.3, 0.4) is 0 Å². The fourth-order valence-electron chi connectivity index (χ4n) is 2.43. The molecule has 0 bridgehead atoms. The Labute approximate surface area is 132 Å². The first-order valence-electron chi connectivity index (χ1n) is 8.14. The van der Waals surface area contributed by atoms with E-state index < -0.39 is 0 Å². The van der Waals surface area contributed by atoms with Crippen LogP contribution in [0.2, 0.25) is 0 Å². The molecule has 2 rings (SSSR count). The van der Waals surface area contributed by atoms with Crippen molar-refractivity contribution in [3.63, 3.8) is 0 Å². The van der Waals surface area contributed by atoms with Crippen molar-refractivity contribution in [3.05, 3.63) is 35.5 Å². The van der Waals surface area contributed by atoms with E-state index in [9.17, 15) is 0 Å². The van der Waals surface area contributed by atoms with Crippen molar-refractivity contribution in [1.29, 1.82) is 0 Å². The lowest BCUT2D eigenvalue weighted by Crippen LogP contribution is -1.98. The van der Waals surface area contributed by atoms with Gasteiger partial charge in [0, 0.05) is 17.7 Å². The zero-order chi connectivity index (χ0) is 15.8. The molecule has 0 saturated heterocycles. The van der Waals surface area contributed by atoms with Crippen LogP contribution in [0.25, 0.3) is 11.3 Å². The summed E-state index contributed by atoms with van der Waals surface area (Å²) in [7, 11) is 0.